The molecule has 4 rings (SSSR count). The molecular formula is C21H15ClN4O. The predicted molar refractivity (Wildman–Crippen MR) is 109 cm³/mol. The van der Waals surface area contributed by atoms with E-state index in [4.69, 9.17) is 11.6 Å². The number of hydrogen-bond donors (Lipinski definition) is 2. The molecule has 0 fully saturated rings. The third-order valence-electron chi connectivity index (χ3n) is 4.02. The van der Waals surface area contributed by atoms with E-state index in [1.54, 1.807) is 48.8 Å². The number of nitrogens with zero attached hydrogens (tertiary/aromatic N) is 2. The zero-order valence-corrected chi connectivity index (χ0v) is 14.9. The zero-order chi connectivity index (χ0) is 18.6. The second kappa shape index (κ2) is 7.43. The maximum absolute atomic E-state index is 12.7. The number of carbonyl (C=O) groups excluding carboxylic acids is 1. The molecule has 0 saturated heterocycles. The van der Waals surface area contributed by atoms with Crippen molar-refractivity contribution in [2.24, 2.45) is 0 Å². The lowest BCUT2D eigenvalue weighted by Gasteiger charge is -2.12. The minimum atomic E-state index is -0.254. The van der Waals surface area contributed by atoms with Crippen LogP contribution in [0.5, 0.6) is 0 Å². The number of carbonyl (C=O) groups is 1. The molecule has 0 atom stereocenters. The van der Waals surface area contributed by atoms with Crippen molar-refractivity contribution in [3.63, 3.8) is 0 Å². The van der Waals surface area contributed by atoms with Crippen LogP contribution in [-0.2, 0) is 0 Å². The SMILES string of the molecule is O=C(Nc1ccc(Cl)cc1)c1cccnc1Nc1ccc2ncccc2c1. The van der Waals surface area contributed by atoms with Gasteiger partial charge in [0.25, 0.3) is 5.91 Å². The van der Waals surface area contributed by atoms with Gasteiger partial charge in [0.2, 0.25) is 0 Å². The van der Waals surface area contributed by atoms with Gasteiger partial charge in [-0.25, -0.2) is 4.98 Å². The first kappa shape index (κ1) is 17.0. The minimum absolute atomic E-state index is 0.254. The summed E-state index contributed by atoms with van der Waals surface area (Å²) < 4.78 is 0. The number of amides is 1. The second-order valence-electron chi connectivity index (χ2n) is 5.90. The molecule has 6 heteroatoms. The third kappa shape index (κ3) is 3.88. The highest BCUT2D eigenvalue weighted by Crippen LogP contribution is 2.23. The molecule has 2 aromatic heterocycles. The summed E-state index contributed by atoms with van der Waals surface area (Å²) in [7, 11) is 0. The Balaban J connectivity index is 1.59. The fourth-order valence-electron chi connectivity index (χ4n) is 2.71. The summed E-state index contributed by atoms with van der Waals surface area (Å²) >= 11 is 5.89. The molecule has 0 aliphatic rings. The van der Waals surface area contributed by atoms with E-state index >= 15 is 0 Å². The van der Waals surface area contributed by atoms with Gasteiger partial charge < -0.3 is 10.6 Å². The molecule has 5 nitrogen and oxygen atoms in total. The molecule has 132 valence electrons. The van der Waals surface area contributed by atoms with Gasteiger partial charge in [0, 0.05) is 34.2 Å². The van der Waals surface area contributed by atoms with Gasteiger partial charge in [-0.3, -0.25) is 9.78 Å². The van der Waals surface area contributed by atoms with Crippen molar-refractivity contribution in [3.8, 4) is 0 Å². The highest BCUT2D eigenvalue weighted by atomic mass is 35.5. The minimum Gasteiger partial charge on any atom is -0.340 e. The fourth-order valence-corrected chi connectivity index (χ4v) is 2.84. The number of fused-ring (bicyclic) bond motifs is 1. The van der Waals surface area contributed by atoms with Gasteiger partial charge in [-0.1, -0.05) is 17.7 Å². The van der Waals surface area contributed by atoms with E-state index in [-0.39, 0.29) is 5.91 Å². The highest BCUT2D eigenvalue weighted by molar-refractivity contribution is 6.30. The first-order chi connectivity index (χ1) is 13.2. The van der Waals surface area contributed by atoms with E-state index in [1.807, 2.05) is 30.3 Å². The molecule has 2 aromatic carbocycles. The Morgan fingerprint density at radius 3 is 2.44 bits per heavy atom. The molecule has 27 heavy (non-hydrogen) atoms. The summed E-state index contributed by atoms with van der Waals surface area (Å²) in [6.45, 7) is 0. The average Bonchev–Trinajstić information content (AvgIpc) is 2.70. The van der Waals surface area contributed by atoms with E-state index in [1.165, 1.54) is 0 Å². The van der Waals surface area contributed by atoms with Crippen LogP contribution in [0.3, 0.4) is 0 Å². The Morgan fingerprint density at radius 1 is 0.852 bits per heavy atom. The van der Waals surface area contributed by atoms with Crippen LogP contribution in [0.1, 0.15) is 10.4 Å². The van der Waals surface area contributed by atoms with Crippen LogP contribution in [-0.4, -0.2) is 15.9 Å². The number of rotatable bonds is 4. The lowest BCUT2D eigenvalue weighted by atomic mass is 10.2. The third-order valence-corrected chi connectivity index (χ3v) is 4.27. The Bertz CT molecular complexity index is 1110. The number of hydrogen-bond acceptors (Lipinski definition) is 4. The largest absolute Gasteiger partial charge is 0.340 e. The van der Waals surface area contributed by atoms with Crippen molar-refractivity contribution >= 4 is 45.6 Å². The van der Waals surface area contributed by atoms with E-state index in [9.17, 15) is 4.79 Å². The van der Waals surface area contributed by atoms with Crippen molar-refractivity contribution in [2.75, 3.05) is 10.6 Å². The summed E-state index contributed by atoms with van der Waals surface area (Å²) in [5, 5.41) is 7.69. The van der Waals surface area contributed by atoms with E-state index in [0.29, 0.717) is 22.1 Å². The number of halogens is 1. The summed E-state index contributed by atoms with van der Waals surface area (Å²) in [6, 6.07) is 20.1. The summed E-state index contributed by atoms with van der Waals surface area (Å²) in [6.07, 6.45) is 3.40. The Hall–Kier alpha value is -3.44. The quantitative estimate of drug-likeness (QED) is 0.510. The maximum atomic E-state index is 12.7. The van der Waals surface area contributed by atoms with Crippen molar-refractivity contribution in [1.82, 2.24) is 9.97 Å². The van der Waals surface area contributed by atoms with E-state index in [2.05, 4.69) is 20.6 Å². The van der Waals surface area contributed by atoms with E-state index < -0.39 is 0 Å². The summed E-state index contributed by atoms with van der Waals surface area (Å²) in [4.78, 5) is 21.3. The molecule has 0 aliphatic carbocycles. The van der Waals surface area contributed by atoms with Crippen LogP contribution in [0.4, 0.5) is 17.2 Å². The molecule has 0 unspecified atom stereocenters. The van der Waals surface area contributed by atoms with Crippen molar-refractivity contribution in [1.29, 1.82) is 0 Å². The zero-order valence-electron chi connectivity index (χ0n) is 14.2. The Morgan fingerprint density at radius 2 is 1.59 bits per heavy atom. The van der Waals surface area contributed by atoms with Crippen LogP contribution in [0.15, 0.2) is 79.1 Å². The van der Waals surface area contributed by atoms with Crippen LogP contribution >= 0.6 is 11.6 Å². The Labute approximate surface area is 161 Å². The lowest BCUT2D eigenvalue weighted by Crippen LogP contribution is -2.14. The molecule has 2 N–H and O–H groups in total. The lowest BCUT2D eigenvalue weighted by molar-refractivity contribution is 0.102. The molecule has 0 spiro atoms. The van der Waals surface area contributed by atoms with Crippen LogP contribution in [0.2, 0.25) is 5.02 Å². The van der Waals surface area contributed by atoms with Crippen molar-refractivity contribution in [2.45, 2.75) is 0 Å². The number of nitrogens with one attached hydrogen (secondary N) is 2. The van der Waals surface area contributed by atoms with Crippen LogP contribution < -0.4 is 10.6 Å². The number of anilines is 3. The summed E-state index contributed by atoms with van der Waals surface area (Å²) in [5.41, 5.74) is 2.84. The predicted octanol–water partition coefficient (Wildman–Crippen LogP) is 5.28. The van der Waals surface area contributed by atoms with Crippen molar-refractivity contribution in [3.05, 3.63) is 89.7 Å². The first-order valence-electron chi connectivity index (χ1n) is 8.33. The molecule has 0 bridgehead atoms. The van der Waals surface area contributed by atoms with Gasteiger partial charge in [-0.05, 0) is 60.7 Å². The Kier molecular flexibility index (Phi) is 4.68. The van der Waals surface area contributed by atoms with Gasteiger partial charge in [0.1, 0.15) is 5.82 Å². The fraction of sp³-hybridized carbons (Fsp3) is 0. The van der Waals surface area contributed by atoms with Crippen LogP contribution in [0.25, 0.3) is 10.9 Å². The van der Waals surface area contributed by atoms with Crippen molar-refractivity contribution < 1.29 is 4.79 Å². The normalized spacial score (nSPS) is 10.6. The second-order valence-corrected chi connectivity index (χ2v) is 6.33. The van der Waals surface area contributed by atoms with Gasteiger partial charge in [-0.2, -0.15) is 0 Å². The molecule has 1 amide bonds. The molecule has 0 saturated carbocycles. The number of aromatic nitrogens is 2. The first-order valence-corrected chi connectivity index (χ1v) is 8.70. The average molecular weight is 375 g/mol. The molecule has 0 aliphatic heterocycles. The topological polar surface area (TPSA) is 66.9 Å². The maximum Gasteiger partial charge on any atom is 0.259 e. The molecule has 4 aromatic rings. The molecule has 0 radical (unpaired) electrons. The smallest absolute Gasteiger partial charge is 0.259 e. The van der Waals surface area contributed by atoms with Gasteiger partial charge in [-0.15, -0.1) is 0 Å². The number of benzene rings is 2. The van der Waals surface area contributed by atoms with Gasteiger partial charge in [0.15, 0.2) is 0 Å². The molecular weight excluding hydrogens is 360 g/mol. The standard InChI is InChI=1S/C21H15ClN4O/c22-15-5-7-16(8-6-15)26-21(27)18-4-2-12-24-20(18)25-17-9-10-19-14(13-17)3-1-11-23-19/h1-13H,(H,24,25)(H,26,27). The van der Waals surface area contributed by atoms with Gasteiger partial charge in [0.05, 0.1) is 11.1 Å². The monoisotopic (exact) mass is 374 g/mol. The molecule has 2 heterocycles. The number of pyridine rings is 2. The summed E-state index contributed by atoms with van der Waals surface area (Å²) in [5.74, 6) is 0.225. The highest BCUT2D eigenvalue weighted by Gasteiger charge is 2.13. The van der Waals surface area contributed by atoms with Gasteiger partial charge >= 0.3 is 0 Å². The van der Waals surface area contributed by atoms with Crippen LogP contribution in [0, 0.1) is 0 Å². The van der Waals surface area contributed by atoms with E-state index in [0.717, 1.165) is 16.6 Å².